The van der Waals surface area contributed by atoms with E-state index >= 15 is 0 Å². The van der Waals surface area contributed by atoms with Gasteiger partial charge >= 0.3 is 0 Å². The quantitative estimate of drug-likeness (QED) is 0.817. The molecule has 3 amide bonds. The van der Waals surface area contributed by atoms with Crippen molar-refractivity contribution in [3.63, 3.8) is 0 Å². The molecule has 0 saturated heterocycles. The highest BCUT2D eigenvalue weighted by Gasteiger charge is 2.42. The van der Waals surface area contributed by atoms with E-state index < -0.39 is 17.9 Å². The predicted molar refractivity (Wildman–Crippen MR) is 105 cm³/mol. The Labute approximate surface area is 159 Å². The maximum atomic E-state index is 13.1. The van der Waals surface area contributed by atoms with Crippen LogP contribution >= 0.6 is 0 Å². The molecule has 5 nitrogen and oxygen atoms in total. The first-order chi connectivity index (χ1) is 12.8. The van der Waals surface area contributed by atoms with Crippen LogP contribution in [0.3, 0.4) is 0 Å². The predicted octanol–water partition coefficient (Wildman–Crippen LogP) is 3.95. The number of imide groups is 1. The van der Waals surface area contributed by atoms with Gasteiger partial charge in [-0.05, 0) is 55.5 Å². The SMILES string of the molecule is Cc1ccc(C)c(NC(=O)[C@@H](CC(C)C)N2C(=O)c3ccccc3C2=O)c1. The van der Waals surface area contributed by atoms with Crippen LogP contribution < -0.4 is 5.32 Å². The summed E-state index contributed by atoms with van der Waals surface area (Å²) in [5.41, 5.74) is 3.37. The van der Waals surface area contributed by atoms with Crippen LogP contribution in [0.15, 0.2) is 42.5 Å². The molecule has 140 valence electrons. The summed E-state index contributed by atoms with van der Waals surface area (Å²) in [6, 6.07) is 11.7. The van der Waals surface area contributed by atoms with Crippen molar-refractivity contribution in [1.29, 1.82) is 0 Å². The summed E-state index contributed by atoms with van der Waals surface area (Å²) in [6.45, 7) is 7.80. The van der Waals surface area contributed by atoms with Crippen molar-refractivity contribution in [1.82, 2.24) is 4.90 Å². The van der Waals surface area contributed by atoms with Gasteiger partial charge < -0.3 is 5.32 Å². The van der Waals surface area contributed by atoms with Crippen LogP contribution in [0.5, 0.6) is 0 Å². The molecule has 0 fully saturated rings. The van der Waals surface area contributed by atoms with Crippen LogP contribution in [0.25, 0.3) is 0 Å². The van der Waals surface area contributed by atoms with Gasteiger partial charge in [0.15, 0.2) is 0 Å². The third kappa shape index (κ3) is 3.63. The largest absolute Gasteiger partial charge is 0.324 e. The number of aryl methyl sites for hydroxylation is 2. The van der Waals surface area contributed by atoms with Gasteiger partial charge in [-0.1, -0.05) is 38.1 Å². The summed E-state index contributed by atoms with van der Waals surface area (Å²) in [4.78, 5) is 39.9. The van der Waals surface area contributed by atoms with E-state index in [0.29, 0.717) is 23.2 Å². The van der Waals surface area contributed by atoms with Gasteiger partial charge in [-0.2, -0.15) is 0 Å². The number of amides is 3. The maximum Gasteiger partial charge on any atom is 0.262 e. The lowest BCUT2D eigenvalue weighted by molar-refractivity contribution is -0.120. The van der Waals surface area contributed by atoms with Crippen molar-refractivity contribution in [3.05, 3.63) is 64.7 Å². The third-order valence-corrected chi connectivity index (χ3v) is 4.79. The number of fused-ring (bicyclic) bond motifs is 1. The second-order valence-electron chi connectivity index (χ2n) is 7.48. The minimum Gasteiger partial charge on any atom is -0.324 e. The Bertz CT molecular complexity index is 883. The molecule has 0 aliphatic carbocycles. The van der Waals surface area contributed by atoms with Crippen molar-refractivity contribution < 1.29 is 14.4 Å². The van der Waals surface area contributed by atoms with Crippen LogP contribution in [0.4, 0.5) is 5.69 Å². The van der Waals surface area contributed by atoms with E-state index in [0.717, 1.165) is 16.0 Å². The average molecular weight is 364 g/mol. The van der Waals surface area contributed by atoms with Gasteiger partial charge in [0.05, 0.1) is 11.1 Å². The van der Waals surface area contributed by atoms with E-state index in [-0.39, 0.29) is 11.8 Å². The first-order valence-corrected chi connectivity index (χ1v) is 9.14. The highest BCUT2D eigenvalue weighted by atomic mass is 16.2. The lowest BCUT2D eigenvalue weighted by Gasteiger charge is -2.27. The summed E-state index contributed by atoms with van der Waals surface area (Å²) in [7, 11) is 0. The Kier molecular flexibility index (Phi) is 5.13. The minimum atomic E-state index is -0.850. The fraction of sp³-hybridized carbons (Fsp3) is 0.318. The fourth-order valence-electron chi connectivity index (χ4n) is 3.35. The van der Waals surface area contributed by atoms with Gasteiger partial charge in [-0.25, -0.2) is 0 Å². The van der Waals surface area contributed by atoms with Gasteiger partial charge in [0.2, 0.25) is 5.91 Å². The van der Waals surface area contributed by atoms with Crippen molar-refractivity contribution in [2.45, 2.75) is 40.2 Å². The van der Waals surface area contributed by atoms with E-state index in [9.17, 15) is 14.4 Å². The Balaban J connectivity index is 1.93. The molecule has 2 aromatic rings. The maximum absolute atomic E-state index is 13.1. The van der Waals surface area contributed by atoms with Crippen molar-refractivity contribution in [2.24, 2.45) is 5.92 Å². The highest BCUT2D eigenvalue weighted by Crippen LogP contribution is 2.28. The fourth-order valence-corrected chi connectivity index (χ4v) is 3.35. The number of nitrogens with zero attached hydrogens (tertiary/aromatic N) is 1. The molecule has 1 aliphatic rings. The van der Waals surface area contributed by atoms with Crippen LogP contribution in [0, 0.1) is 19.8 Å². The second-order valence-corrected chi connectivity index (χ2v) is 7.48. The minimum absolute atomic E-state index is 0.142. The Morgan fingerprint density at radius 2 is 1.59 bits per heavy atom. The average Bonchev–Trinajstić information content (AvgIpc) is 2.87. The Morgan fingerprint density at radius 1 is 1.00 bits per heavy atom. The molecule has 1 heterocycles. The van der Waals surface area contributed by atoms with Gasteiger partial charge in [0, 0.05) is 5.69 Å². The van der Waals surface area contributed by atoms with Crippen molar-refractivity contribution >= 4 is 23.4 Å². The summed E-state index contributed by atoms with van der Waals surface area (Å²) < 4.78 is 0. The van der Waals surface area contributed by atoms with Crippen LogP contribution in [0.2, 0.25) is 0 Å². The number of hydrogen-bond donors (Lipinski definition) is 1. The molecule has 1 N–H and O–H groups in total. The van der Waals surface area contributed by atoms with Crippen LogP contribution in [0.1, 0.15) is 52.1 Å². The molecule has 0 unspecified atom stereocenters. The zero-order valence-electron chi connectivity index (χ0n) is 16.1. The number of rotatable bonds is 5. The molecule has 1 aliphatic heterocycles. The molecule has 0 radical (unpaired) electrons. The van der Waals surface area contributed by atoms with Crippen LogP contribution in [-0.2, 0) is 4.79 Å². The number of anilines is 1. The highest BCUT2D eigenvalue weighted by molar-refractivity contribution is 6.23. The van der Waals surface area contributed by atoms with E-state index in [2.05, 4.69) is 5.32 Å². The van der Waals surface area contributed by atoms with E-state index in [1.807, 2.05) is 45.9 Å². The van der Waals surface area contributed by atoms with Crippen LogP contribution in [-0.4, -0.2) is 28.7 Å². The van der Waals surface area contributed by atoms with E-state index in [1.54, 1.807) is 24.3 Å². The number of carbonyl (C=O) groups excluding carboxylic acids is 3. The Hall–Kier alpha value is -2.95. The molecular weight excluding hydrogens is 340 g/mol. The summed E-state index contributed by atoms with van der Waals surface area (Å²) >= 11 is 0. The lowest BCUT2D eigenvalue weighted by Crippen LogP contribution is -2.48. The van der Waals surface area contributed by atoms with Gasteiger partial charge in [0.1, 0.15) is 6.04 Å². The third-order valence-electron chi connectivity index (χ3n) is 4.79. The number of nitrogens with one attached hydrogen (secondary N) is 1. The molecule has 0 saturated carbocycles. The summed E-state index contributed by atoms with van der Waals surface area (Å²) in [5, 5.41) is 2.92. The van der Waals surface area contributed by atoms with Crippen molar-refractivity contribution in [3.8, 4) is 0 Å². The smallest absolute Gasteiger partial charge is 0.262 e. The number of benzene rings is 2. The summed E-state index contributed by atoms with van der Waals surface area (Å²) in [5.74, 6) is -1.01. The second kappa shape index (κ2) is 7.35. The molecule has 27 heavy (non-hydrogen) atoms. The molecule has 0 aromatic heterocycles. The van der Waals surface area contributed by atoms with Gasteiger partial charge in [-0.15, -0.1) is 0 Å². The normalized spacial score (nSPS) is 14.5. The van der Waals surface area contributed by atoms with Gasteiger partial charge in [-0.3, -0.25) is 19.3 Å². The topological polar surface area (TPSA) is 66.5 Å². The number of carbonyl (C=O) groups is 3. The van der Waals surface area contributed by atoms with E-state index in [1.165, 1.54) is 0 Å². The molecular formula is C22H24N2O3. The summed E-state index contributed by atoms with van der Waals surface area (Å²) in [6.07, 6.45) is 0.405. The monoisotopic (exact) mass is 364 g/mol. The first-order valence-electron chi connectivity index (χ1n) is 9.14. The zero-order valence-corrected chi connectivity index (χ0v) is 16.1. The first kappa shape index (κ1) is 18.8. The van der Waals surface area contributed by atoms with E-state index in [4.69, 9.17) is 0 Å². The van der Waals surface area contributed by atoms with Gasteiger partial charge in [0.25, 0.3) is 11.8 Å². The Morgan fingerprint density at radius 3 is 2.15 bits per heavy atom. The molecule has 0 bridgehead atoms. The zero-order chi connectivity index (χ0) is 19.7. The standard InChI is InChI=1S/C22H24N2O3/c1-13(2)11-19(20(25)23-18-12-14(3)9-10-15(18)4)24-21(26)16-7-5-6-8-17(16)22(24)27/h5-10,12-13,19H,11H2,1-4H3,(H,23,25)/t19-/m1/s1. The molecule has 0 spiro atoms. The number of hydrogen-bond acceptors (Lipinski definition) is 3. The molecule has 1 atom stereocenters. The van der Waals surface area contributed by atoms with Crippen molar-refractivity contribution in [2.75, 3.05) is 5.32 Å². The lowest BCUT2D eigenvalue weighted by atomic mass is 10.0. The molecule has 3 rings (SSSR count). The molecule has 2 aromatic carbocycles. The molecule has 5 heteroatoms.